The van der Waals surface area contributed by atoms with Crippen LogP contribution in [0.3, 0.4) is 0 Å². The predicted molar refractivity (Wildman–Crippen MR) is 95.0 cm³/mol. The van der Waals surface area contributed by atoms with E-state index in [2.05, 4.69) is 14.7 Å². The van der Waals surface area contributed by atoms with Gasteiger partial charge in [-0.25, -0.2) is 8.78 Å². The molecule has 3 rings (SSSR count). The zero-order valence-electron chi connectivity index (χ0n) is 13.8. The second-order valence-corrected chi connectivity index (χ2v) is 6.12. The summed E-state index contributed by atoms with van der Waals surface area (Å²) in [6.45, 7) is 1.76. The maximum atomic E-state index is 13.7. The van der Waals surface area contributed by atoms with E-state index in [1.54, 1.807) is 31.2 Å². The third-order valence-electron chi connectivity index (χ3n) is 3.53. The highest BCUT2D eigenvalue weighted by Gasteiger charge is 2.21. The smallest absolute Gasteiger partial charge is 0.267 e. The summed E-state index contributed by atoms with van der Waals surface area (Å²) < 4.78 is 36.3. The molecule has 1 heterocycles. The highest BCUT2D eigenvalue weighted by molar-refractivity contribution is 7.10. The maximum absolute atomic E-state index is 13.7. The molecule has 0 fully saturated rings. The molecule has 26 heavy (non-hydrogen) atoms. The number of anilines is 1. The number of rotatable bonds is 6. The lowest BCUT2D eigenvalue weighted by molar-refractivity contribution is -0.122. The van der Waals surface area contributed by atoms with E-state index in [9.17, 15) is 13.6 Å². The molecule has 0 spiro atoms. The number of hydrogen-bond acceptors (Lipinski definition) is 5. The Morgan fingerprint density at radius 3 is 2.62 bits per heavy atom. The van der Waals surface area contributed by atoms with Gasteiger partial charge in [-0.05, 0) is 42.8 Å². The molecule has 1 amide bonds. The molecule has 0 aliphatic rings. The fraction of sp³-hybridized carbons (Fsp3) is 0.167. The van der Waals surface area contributed by atoms with Crippen LogP contribution in [0.1, 0.15) is 13.3 Å². The lowest BCUT2D eigenvalue weighted by Gasteiger charge is -2.16. The predicted octanol–water partition coefficient (Wildman–Crippen LogP) is 4.28. The highest BCUT2D eigenvalue weighted by atomic mass is 32.1. The molecular formula is C18H15F2N3O2S. The Kier molecular flexibility index (Phi) is 5.52. The molecule has 0 unspecified atom stereocenters. The molecule has 2 aromatic carbocycles. The van der Waals surface area contributed by atoms with Crippen molar-refractivity contribution in [3.05, 3.63) is 60.2 Å². The van der Waals surface area contributed by atoms with Gasteiger partial charge in [0.2, 0.25) is 5.13 Å². The summed E-state index contributed by atoms with van der Waals surface area (Å²) in [4.78, 5) is 16.6. The van der Waals surface area contributed by atoms with Crippen molar-refractivity contribution in [2.75, 3.05) is 5.32 Å². The summed E-state index contributed by atoms with van der Waals surface area (Å²) in [6.07, 6.45) is -0.519. The van der Waals surface area contributed by atoms with E-state index < -0.39 is 17.8 Å². The number of hydrogen-bond donors (Lipinski definition) is 1. The zero-order chi connectivity index (χ0) is 18.5. The van der Waals surface area contributed by atoms with Crippen LogP contribution in [-0.4, -0.2) is 21.4 Å². The molecule has 5 nitrogen and oxygen atoms in total. The van der Waals surface area contributed by atoms with E-state index in [1.165, 1.54) is 24.3 Å². The number of benzene rings is 2. The van der Waals surface area contributed by atoms with Crippen LogP contribution in [-0.2, 0) is 4.79 Å². The summed E-state index contributed by atoms with van der Waals surface area (Å²) in [6, 6.07) is 11.6. The van der Waals surface area contributed by atoms with Crippen LogP contribution in [0.5, 0.6) is 5.75 Å². The number of carbonyl (C=O) groups is 1. The van der Waals surface area contributed by atoms with Gasteiger partial charge in [0.25, 0.3) is 5.91 Å². The van der Waals surface area contributed by atoms with E-state index in [0.717, 1.165) is 11.5 Å². The maximum Gasteiger partial charge on any atom is 0.267 e. The van der Waals surface area contributed by atoms with Crippen LogP contribution in [0, 0.1) is 11.6 Å². The number of nitrogens with zero attached hydrogens (tertiary/aromatic N) is 2. The minimum Gasteiger partial charge on any atom is -0.478 e. The van der Waals surface area contributed by atoms with Gasteiger partial charge in [-0.15, -0.1) is 0 Å². The number of carbonyl (C=O) groups excluding carboxylic acids is 1. The Labute approximate surface area is 152 Å². The van der Waals surface area contributed by atoms with Crippen LogP contribution in [0.25, 0.3) is 11.4 Å². The first kappa shape index (κ1) is 17.9. The molecule has 0 aliphatic carbocycles. The normalized spacial score (nSPS) is 11.8. The average Bonchev–Trinajstić information content (AvgIpc) is 3.10. The van der Waals surface area contributed by atoms with Gasteiger partial charge in [0.1, 0.15) is 5.82 Å². The summed E-state index contributed by atoms with van der Waals surface area (Å²) in [5.74, 6) is -0.938. The molecule has 0 aliphatic heterocycles. The number of nitrogens with one attached hydrogen (secondary N) is 1. The van der Waals surface area contributed by atoms with E-state index >= 15 is 0 Å². The molecule has 0 bridgehead atoms. The lowest BCUT2D eigenvalue weighted by Crippen LogP contribution is -2.32. The summed E-state index contributed by atoms with van der Waals surface area (Å²) >= 11 is 0.998. The van der Waals surface area contributed by atoms with Crippen molar-refractivity contribution >= 4 is 22.6 Å². The van der Waals surface area contributed by atoms with Crippen molar-refractivity contribution in [2.45, 2.75) is 19.4 Å². The third-order valence-corrected chi connectivity index (χ3v) is 4.16. The van der Waals surface area contributed by atoms with Crippen molar-refractivity contribution in [2.24, 2.45) is 0 Å². The SMILES string of the molecule is CC[C@@H](Oc1ccccc1F)C(=O)Nc1nc(-c2ccc(F)cc2)ns1. The molecule has 1 atom stereocenters. The number of para-hydroxylation sites is 1. The Morgan fingerprint density at radius 1 is 1.19 bits per heavy atom. The van der Waals surface area contributed by atoms with Gasteiger partial charge in [-0.2, -0.15) is 9.36 Å². The van der Waals surface area contributed by atoms with Crippen LogP contribution in [0.4, 0.5) is 13.9 Å². The highest BCUT2D eigenvalue weighted by Crippen LogP contribution is 2.23. The first-order valence-corrected chi connectivity index (χ1v) is 8.66. The zero-order valence-corrected chi connectivity index (χ0v) is 14.6. The van der Waals surface area contributed by atoms with Crippen LogP contribution in [0.15, 0.2) is 48.5 Å². The Bertz CT molecular complexity index is 899. The Hall–Kier alpha value is -2.87. The second kappa shape index (κ2) is 8.01. The fourth-order valence-corrected chi connectivity index (χ4v) is 2.78. The Balaban J connectivity index is 1.68. The van der Waals surface area contributed by atoms with Gasteiger partial charge in [-0.1, -0.05) is 19.1 Å². The minimum absolute atomic E-state index is 0.0127. The van der Waals surface area contributed by atoms with Crippen LogP contribution < -0.4 is 10.1 Å². The molecule has 134 valence electrons. The van der Waals surface area contributed by atoms with Crippen LogP contribution >= 0.6 is 11.5 Å². The summed E-state index contributed by atoms with van der Waals surface area (Å²) in [5.41, 5.74) is 0.637. The average molecular weight is 375 g/mol. The van der Waals surface area contributed by atoms with Gasteiger partial charge in [0.15, 0.2) is 23.5 Å². The van der Waals surface area contributed by atoms with Crippen molar-refractivity contribution in [3.8, 4) is 17.1 Å². The molecule has 3 aromatic rings. The van der Waals surface area contributed by atoms with E-state index in [0.29, 0.717) is 17.8 Å². The van der Waals surface area contributed by atoms with Crippen molar-refractivity contribution in [1.82, 2.24) is 9.36 Å². The quantitative estimate of drug-likeness (QED) is 0.698. The summed E-state index contributed by atoms with van der Waals surface area (Å²) in [7, 11) is 0. The van der Waals surface area contributed by atoms with Crippen molar-refractivity contribution < 1.29 is 18.3 Å². The van der Waals surface area contributed by atoms with Gasteiger partial charge < -0.3 is 4.74 Å². The van der Waals surface area contributed by atoms with E-state index in [1.807, 2.05) is 0 Å². The summed E-state index contributed by atoms with van der Waals surface area (Å²) in [5, 5.41) is 2.90. The topological polar surface area (TPSA) is 64.1 Å². The molecule has 8 heteroatoms. The molecule has 1 N–H and O–H groups in total. The molecule has 1 aromatic heterocycles. The molecule has 0 saturated carbocycles. The number of amides is 1. The monoisotopic (exact) mass is 375 g/mol. The second-order valence-electron chi connectivity index (χ2n) is 5.36. The Morgan fingerprint density at radius 2 is 1.92 bits per heavy atom. The largest absolute Gasteiger partial charge is 0.478 e. The number of halogens is 2. The van der Waals surface area contributed by atoms with Gasteiger partial charge >= 0.3 is 0 Å². The van der Waals surface area contributed by atoms with Gasteiger partial charge in [0, 0.05) is 17.1 Å². The molecule has 0 radical (unpaired) electrons. The van der Waals surface area contributed by atoms with Crippen molar-refractivity contribution in [1.29, 1.82) is 0 Å². The van der Waals surface area contributed by atoms with Gasteiger partial charge in [-0.3, -0.25) is 10.1 Å². The first-order valence-electron chi connectivity index (χ1n) is 7.88. The third kappa shape index (κ3) is 4.20. The molecule has 0 saturated heterocycles. The van der Waals surface area contributed by atoms with Gasteiger partial charge in [0.05, 0.1) is 0 Å². The fourth-order valence-electron chi connectivity index (χ4n) is 2.19. The standard InChI is InChI=1S/C18H15F2N3O2S/c1-2-14(25-15-6-4-3-5-13(15)20)17(24)22-18-21-16(23-26-18)11-7-9-12(19)10-8-11/h3-10,14H,2H2,1H3,(H,21,22,23,24)/t14-/m1/s1. The minimum atomic E-state index is -0.870. The number of aromatic nitrogens is 2. The van der Waals surface area contributed by atoms with E-state index in [4.69, 9.17) is 4.74 Å². The van der Waals surface area contributed by atoms with Crippen molar-refractivity contribution in [3.63, 3.8) is 0 Å². The molecular weight excluding hydrogens is 360 g/mol. The first-order chi connectivity index (χ1) is 12.6. The lowest BCUT2D eigenvalue weighted by atomic mass is 10.2. The van der Waals surface area contributed by atoms with Crippen LogP contribution in [0.2, 0.25) is 0 Å². The van der Waals surface area contributed by atoms with E-state index in [-0.39, 0.29) is 16.7 Å². The number of ether oxygens (including phenoxy) is 1.